The van der Waals surface area contributed by atoms with Crippen LogP contribution in [0.4, 0.5) is 0 Å². The Labute approximate surface area is 115 Å². The van der Waals surface area contributed by atoms with Crippen LogP contribution in [0.15, 0.2) is 41.7 Å². The lowest BCUT2D eigenvalue weighted by atomic mass is 10.2. The lowest BCUT2D eigenvalue weighted by Gasteiger charge is -2.09. The average molecular weight is 278 g/mol. The van der Waals surface area contributed by atoms with Gasteiger partial charge in [0.1, 0.15) is 17.2 Å². The Bertz CT molecular complexity index is 629. The maximum atomic E-state index is 8.61. The van der Waals surface area contributed by atoms with Crippen molar-refractivity contribution in [3.8, 4) is 11.5 Å². The summed E-state index contributed by atoms with van der Waals surface area (Å²) in [7, 11) is 0. The third-order valence-electron chi connectivity index (χ3n) is 2.42. The molecular formula is C13H12ClN3O2. The maximum absolute atomic E-state index is 8.61. The van der Waals surface area contributed by atoms with Crippen LogP contribution in [0.1, 0.15) is 11.3 Å². The summed E-state index contributed by atoms with van der Waals surface area (Å²) in [5.74, 6) is 0.961. The summed E-state index contributed by atoms with van der Waals surface area (Å²) in [6.45, 7) is 1.94. The quantitative estimate of drug-likeness (QED) is 0.391. The van der Waals surface area contributed by atoms with E-state index in [1.54, 1.807) is 18.2 Å². The number of pyridine rings is 1. The number of aromatic nitrogens is 1. The molecule has 98 valence electrons. The largest absolute Gasteiger partial charge is 0.456 e. The van der Waals surface area contributed by atoms with Crippen molar-refractivity contribution in [1.82, 2.24) is 4.98 Å². The van der Waals surface area contributed by atoms with E-state index in [2.05, 4.69) is 10.1 Å². The standard InChI is InChI=1S/C13H12ClN3O2/c1-8-2-3-10(14)12(6-8)19-9-4-5-16-11(7-9)13(15)17-18/h2-7,18H,1H3,(H2,15,17). The molecule has 0 spiro atoms. The topological polar surface area (TPSA) is 80.7 Å². The summed E-state index contributed by atoms with van der Waals surface area (Å²) in [5.41, 5.74) is 6.82. The number of oxime groups is 1. The van der Waals surface area contributed by atoms with Crippen LogP contribution in [0.3, 0.4) is 0 Å². The first kappa shape index (κ1) is 13.2. The predicted molar refractivity (Wildman–Crippen MR) is 73.0 cm³/mol. The molecule has 0 fully saturated rings. The van der Waals surface area contributed by atoms with E-state index in [-0.39, 0.29) is 5.84 Å². The Morgan fingerprint density at radius 2 is 2.16 bits per heavy atom. The summed E-state index contributed by atoms with van der Waals surface area (Å²) in [5, 5.41) is 12.0. The number of ether oxygens (including phenoxy) is 1. The molecule has 19 heavy (non-hydrogen) atoms. The third kappa shape index (κ3) is 3.14. The van der Waals surface area contributed by atoms with E-state index in [1.807, 2.05) is 19.1 Å². The van der Waals surface area contributed by atoms with E-state index in [9.17, 15) is 0 Å². The number of rotatable bonds is 3. The van der Waals surface area contributed by atoms with Crippen LogP contribution in [0.25, 0.3) is 0 Å². The molecule has 0 amide bonds. The SMILES string of the molecule is Cc1ccc(Cl)c(Oc2ccnc(C(N)=NO)c2)c1. The summed E-state index contributed by atoms with van der Waals surface area (Å²) in [6.07, 6.45) is 1.51. The first-order valence-electron chi connectivity index (χ1n) is 5.48. The van der Waals surface area contributed by atoms with Crippen molar-refractivity contribution >= 4 is 17.4 Å². The lowest BCUT2D eigenvalue weighted by molar-refractivity contribution is 0.318. The molecule has 0 unspecified atom stereocenters. The molecule has 1 aromatic carbocycles. The van der Waals surface area contributed by atoms with Gasteiger partial charge in [0.05, 0.1) is 5.02 Å². The fourth-order valence-corrected chi connectivity index (χ4v) is 1.64. The number of amidine groups is 1. The van der Waals surface area contributed by atoms with Crippen LogP contribution in [0, 0.1) is 6.92 Å². The first-order chi connectivity index (χ1) is 9.10. The molecule has 0 atom stereocenters. The van der Waals surface area contributed by atoms with Crippen molar-refractivity contribution in [2.24, 2.45) is 10.9 Å². The number of nitrogens with two attached hydrogens (primary N) is 1. The van der Waals surface area contributed by atoms with Crippen LogP contribution in [0.2, 0.25) is 5.02 Å². The minimum atomic E-state index is -0.0826. The third-order valence-corrected chi connectivity index (χ3v) is 2.73. The number of aryl methyl sites for hydroxylation is 1. The molecule has 1 heterocycles. The summed E-state index contributed by atoms with van der Waals surface area (Å²) < 4.78 is 5.66. The smallest absolute Gasteiger partial charge is 0.188 e. The molecule has 2 rings (SSSR count). The summed E-state index contributed by atoms with van der Waals surface area (Å²) in [4.78, 5) is 3.96. The van der Waals surface area contributed by atoms with Gasteiger partial charge in [0.15, 0.2) is 5.84 Å². The zero-order valence-electron chi connectivity index (χ0n) is 10.2. The van der Waals surface area contributed by atoms with Gasteiger partial charge in [-0.25, -0.2) is 0 Å². The fraction of sp³-hybridized carbons (Fsp3) is 0.0769. The number of hydrogen-bond acceptors (Lipinski definition) is 4. The molecule has 0 saturated heterocycles. The number of halogens is 1. The normalized spacial score (nSPS) is 11.4. The van der Waals surface area contributed by atoms with Gasteiger partial charge in [-0.05, 0) is 30.7 Å². The van der Waals surface area contributed by atoms with Crippen molar-refractivity contribution in [2.45, 2.75) is 6.92 Å². The van der Waals surface area contributed by atoms with Crippen LogP contribution >= 0.6 is 11.6 Å². The Balaban J connectivity index is 2.31. The predicted octanol–water partition coefficient (Wildman–Crippen LogP) is 2.93. The Kier molecular flexibility index (Phi) is 3.87. The van der Waals surface area contributed by atoms with Crippen LogP contribution in [-0.4, -0.2) is 16.0 Å². The molecule has 1 aromatic heterocycles. The second kappa shape index (κ2) is 5.58. The van der Waals surface area contributed by atoms with E-state index in [1.165, 1.54) is 6.20 Å². The molecule has 0 aliphatic carbocycles. The van der Waals surface area contributed by atoms with Gasteiger partial charge < -0.3 is 15.7 Å². The van der Waals surface area contributed by atoms with Gasteiger partial charge in [-0.1, -0.05) is 22.8 Å². The van der Waals surface area contributed by atoms with Gasteiger partial charge in [-0.2, -0.15) is 0 Å². The molecule has 0 aliphatic heterocycles. The van der Waals surface area contributed by atoms with Gasteiger partial charge in [-0.15, -0.1) is 0 Å². The number of benzene rings is 1. The fourth-order valence-electron chi connectivity index (χ4n) is 1.48. The second-order valence-electron chi connectivity index (χ2n) is 3.90. The summed E-state index contributed by atoms with van der Waals surface area (Å²) >= 11 is 6.05. The molecular weight excluding hydrogens is 266 g/mol. The van der Waals surface area contributed by atoms with Crippen molar-refractivity contribution in [3.05, 3.63) is 52.8 Å². The molecule has 0 bridgehead atoms. The zero-order valence-corrected chi connectivity index (χ0v) is 10.9. The molecule has 6 heteroatoms. The molecule has 0 aliphatic rings. The average Bonchev–Trinajstić information content (AvgIpc) is 2.42. The highest BCUT2D eigenvalue weighted by atomic mass is 35.5. The number of nitrogens with zero attached hydrogens (tertiary/aromatic N) is 2. The first-order valence-corrected chi connectivity index (χ1v) is 5.86. The van der Waals surface area contributed by atoms with E-state index in [0.717, 1.165) is 5.56 Å². The van der Waals surface area contributed by atoms with Gasteiger partial charge in [-0.3, -0.25) is 4.98 Å². The van der Waals surface area contributed by atoms with Gasteiger partial charge >= 0.3 is 0 Å². The molecule has 0 radical (unpaired) electrons. The van der Waals surface area contributed by atoms with Crippen molar-refractivity contribution in [3.63, 3.8) is 0 Å². The molecule has 5 nitrogen and oxygen atoms in total. The Hall–Kier alpha value is -2.27. The lowest BCUT2D eigenvalue weighted by Crippen LogP contribution is -2.14. The van der Waals surface area contributed by atoms with Crippen molar-refractivity contribution in [1.29, 1.82) is 0 Å². The monoisotopic (exact) mass is 277 g/mol. The van der Waals surface area contributed by atoms with E-state index >= 15 is 0 Å². The Morgan fingerprint density at radius 1 is 1.37 bits per heavy atom. The molecule has 0 saturated carbocycles. The zero-order chi connectivity index (χ0) is 13.8. The minimum absolute atomic E-state index is 0.0826. The molecule has 2 aromatic rings. The maximum Gasteiger partial charge on any atom is 0.188 e. The Morgan fingerprint density at radius 3 is 2.89 bits per heavy atom. The van der Waals surface area contributed by atoms with Crippen molar-refractivity contribution < 1.29 is 9.94 Å². The highest BCUT2D eigenvalue weighted by molar-refractivity contribution is 6.32. The minimum Gasteiger partial charge on any atom is -0.456 e. The van der Waals surface area contributed by atoms with E-state index in [0.29, 0.717) is 22.2 Å². The number of hydrogen-bond donors (Lipinski definition) is 2. The van der Waals surface area contributed by atoms with E-state index in [4.69, 9.17) is 27.3 Å². The van der Waals surface area contributed by atoms with Crippen molar-refractivity contribution in [2.75, 3.05) is 0 Å². The highest BCUT2D eigenvalue weighted by Crippen LogP contribution is 2.30. The van der Waals surface area contributed by atoms with Crippen LogP contribution in [0.5, 0.6) is 11.5 Å². The van der Waals surface area contributed by atoms with E-state index < -0.39 is 0 Å². The van der Waals surface area contributed by atoms with Gasteiger partial charge in [0, 0.05) is 12.3 Å². The van der Waals surface area contributed by atoms with Gasteiger partial charge in [0.2, 0.25) is 0 Å². The highest BCUT2D eigenvalue weighted by Gasteiger charge is 2.06. The molecule has 3 N–H and O–H groups in total. The van der Waals surface area contributed by atoms with Gasteiger partial charge in [0.25, 0.3) is 0 Å². The second-order valence-corrected chi connectivity index (χ2v) is 4.31. The van der Waals surface area contributed by atoms with Crippen LogP contribution in [-0.2, 0) is 0 Å². The summed E-state index contributed by atoms with van der Waals surface area (Å²) in [6, 6.07) is 8.70. The van der Waals surface area contributed by atoms with Crippen LogP contribution < -0.4 is 10.5 Å².